The fourth-order valence-corrected chi connectivity index (χ4v) is 4.71. The molecular weight excluding hydrogens is 432 g/mol. The van der Waals surface area contributed by atoms with E-state index >= 15 is 0 Å². The molecule has 1 aromatic heterocycles. The molecule has 0 radical (unpaired) electrons. The number of aryl methyl sites for hydroxylation is 1. The van der Waals surface area contributed by atoms with E-state index in [-0.39, 0.29) is 24.2 Å². The van der Waals surface area contributed by atoms with Crippen LogP contribution >= 0.6 is 0 Å². The van der Waals surface area contributed by atoms with Crippen LogP contribution in [0, 0.1) is 12.8 Å². The third-order valence-corrected chi connectivity index (χ3v) is 6.35. The Morgan fingerprint density at radius 3 is 2.47 bits per heavy atom. The lowest BCUT2D eigenvalue weighted by molar-refractivity contribution is -0.355. The lowest BCUT2D eigenvalue weighted by Crippen LogP contribution is -2.60. The monoisotopic (exact) mass is 462 g/mol. The minimum Gasteiger partial charge on any atom is -0.368 e. The molecule has 2 saturated heterocycles. The summed E-state index contributed by atoms with van der Waals surface area (Å²) >= 11 is 0. The molecule has 2 aliphatic heterocycles. The molecule has 1 unspecified atom stereocenters. The third-order valence-electron chi connectivity index (χ3n) is 6.35. The van der Waals surface area contributed by atoms with Gasteiger partial charge in [-0.3, -0.25) is 0 Å². The largest absolute Gasteiger partial charge is 0.368 e. The maximum absolute atomic E-state index is 6.54. The van der Waals surface area contributed by atoms with Gasteiger partial charge in [0, 0.05) is 30.5 Å². The van der Waals surface area contributed by atoms with Crippen LogP contribution in [0.3, 0.4) is 0 Å². The number of hydrogen-bond donors (Lipinski definition) is 0. The van der Waals surface area contributed by atoms with Gasteiger partial charge in [0.1, 0.15) is 18.0 Å². The third kappa shape index (κ3) is 5.19. The minimum atomic E-state index is -0.543. The first-order valence-corrected chi connectivity index (χ1v) is 11.7. The lowest BCUT2D eigenvalue weighted by Gasteiger charge is -2.49. The fraction of sp³-hybridized carbons (Fsp3) is 0.407. The van der Waals surface area contributed by atoms with Crippen molar-refractivity contribution >= 4 is 0 Å². The zero-order chi connectivity index (χ0) is 23.3. The highest BCUT2D eigenvalue weighted by Gasteiger charge is 2.50. The summed E-state index contributed by atoms with van der Waals surface area (Å²) in [5.74, 6) is 0.679. The molecule has 34 heavy (non-hydrogen) atoms. The Morgan fingerprint density at radius 1 is 0.971 bits per heavy atom. The lowest BCUT2D eigenvalue weighted by atomic mass is 9.84. The Labute approximate surface area is 200 Å². The maximum Gasteiger partial charge on any atom is 0.184 e. The SMILES string of the molecule is CO[C@H]1O[C@@H]2COC(c3ccccc3)O[C@H]2[C@@H](Cc2ccnc(C)n2)[C@@H]1OCc1ccccc1. The zero-order valence-electron chi connectivity index (χ0n) is 19.4. The van der Waals surface area contributed by atoms with E-state index in [1.165, 1.54) is 0 Å². The van der Waals surface area contributed by atoms with Crippen LogP contribution in [-0.4, -0.2) is 48.3 Å². The summed E-state index contributed by atoms with van der Waals surface area (Å²) in [6, 6.07) is 22.0. The number of aromatic nitrogens is 2. The van der Waals surface area contributed by atoms with Gasteiger partial charge in [0.25, 0.3) is 0 Å². The molecule has 3 aromatic rings. The quantitative estimate of drug-likeness (QED) is 0.525. The molecule has 3 heterocycles. The van der Waals surface area contributed by atoms with E-state index < -0.39 is 12.6 Å². The maximum atomic E-state index is 6.54. The molecule has 178 valence electrons. The summed E-state index contributed by atoms with van der Waals surface area (Å²) in [5, 5.41) is 0. The Morgan fingerprint density at radius 2 is 1.74 bits per heavy atom. The topological polar surface area (TPSA) is 71.9 Å². The van der Waals surface area contributed by atoms with Gasteiger partial charge in [0.05, 0.1) is 19.3 Å². The second-order valence-corrected chi connectivity index (χ2v) is 8.68. The Balaban J connectivity index is 1.43. The summed E-state index contributed by atoms with van der Waals surface area (Å²) < 4.78 is 31.1. The van der Waals surface area contributed by atoms with Gasteiger partial charge in [-0.25, -0.2) is 9.97 Å². The molecular formula is C27H30N2O5. The average molecular weight is 463 g/mol. The predicted octanol–water partition coefficient (Wildman–Crippen LogP) is 4.01. The summed E-state index contributed by atoms with van der Waals surface area (Å²) in [7, 11) is 1.65. The molecule has 0 amide bonds. The van der Waals surface area contributed by atoms with Gasteiger partial charge in [-0.05, 0) is 25.0 Å². The van der Waals surface area contributed by atoms with Crippen LogP contribution in [0.15, 0.2) is 72.9 Å². The molecule has 6 atom stereocenters. The number of benzene rings is 2. The standard InChI is InChI=1S/C27H30N2O5/c1-18-28-14-13-21(29-18)15-22-24-23(17-32-26(34-24)20-11-7-4-8-12-20)33-27(30-2)25(22)31-16-19-9-5-3-6-10-19/h3-14,22-27H,15-17H2,1-2H3/t22-,23-,24+,25+,26?,27+/m1/s1. The van der Waals surface area contributed by atoms with Gasteiger partial charge in [-0.1, -0.05) is 60.7 Å². The van der Waals surface area contributed by atoms with Crippen LogP contribution in [0.1, 0.15) is 28.9 Å². The van der Waals surface area contributed by atoms with E-state index in [1.54, 1.807) is 13.3 Å². The molecule has 0 bridgehead atoms. The highest BCUT2D eigenvalue weighted by molar-refractivity contribution is 5.17. The van der Waals surface area contributed by atoms with Crippen molar-refractivity contribution in [1.29, 1.82) is 0 Å². The highest BCUT2D eigenvalue weighted by Crippen LogP contribution is 2.39. The van der Waals surface area contributed by atoms with E-state index in [0.717, 1.165) is 22.6 Å². The van der Waals surface area contributed by atoms with Gasteiger partial charge >= 0.3 is 0 Å². The van der Waals surface area contributed by atoms with Gasteiger partial charge in [0.2, 0.25) is 0 Å². The summed E-state index contributed by atoms with van der Waals surface area (Å²) in [6.07, 6.45) is 0.564. The molecule has 2 aliphatic rings. The van der Waals surface area contributed by atoms with E-state index in [0.29, 0.717) is 19.6 Å². The number of nitrogens with zero attached hydrogens (tertiary/aromatic N) is 2. The second-order valence-electron chi connectivity index (χ2n) is 8.68. The zero-order valence-corrected chi connectivity index (χ0v) is 19.4. The summed E-state index contributed by atoms with van der Waals surface area (Å²) in [4.78, 5) is 8.90. The molecule has 0 aliphatic carbocycles. The number of methoxy groups -OCH3 is 1. The second kappa shape index (κ2) is 10.7. The smallest absolute Gasteiger partial charge is 0.184 e. The predicted molar refractivity (Wildman–Crippen MR) is 125 cm³/mol. The highest BCUT2D eigenvalue weighted by atomic mass is 16.7. The first-order valence-electron chi connectivity index (χ1n) is 11.7. The Bertz CT molecular complexity index is 1050. The van der Waals surface area contributed by atoms with Crippen molar-refractivity contribution in [2.75, 3.05) is 13.7 Å². The Kier molecular flexibility index (Phi) is 7.27. The van der Waals surface area contributed by atoms with Gasteiger partial charge in [-0.2, -0.15) is 0 Å². The first-order chi connectivity index (χ1) is 16.7. The van der Waals surface area contributed by atoms with Crippen molar-refractivity contribution in [2.24, 2.45) is 5.92 Å². The van der Waals surface area contributed by atoms with E-state index in [9.17, 15) is 0 Å². The van der Waals surface area contributed by atoms with Crippen LogP contribution < -0.4 is 0 Å². The molecule has 0 saturated carbocycles. The number of hydrogen-bond acceptors (Lipinski definition) is 7. The van der Waals surface area contributed by atoms with Crippen LogP contribution in [-0.2, 0) is 36.7 Å². The normalized spacial score (nSPS) is 28.9. The van der Waals surface area contributed by atoms with Crippen molar-refractivity contribution in [3.05, 3.63) is 95.6 Å². The molecule has 0 N–H and O–H groups in total. The van der Waals surface area contributed by atoms with E-state index in [1.807, 2.05) is 73.7 Å². The van der Waals surface area contributed by atoms with Crippen molar-refractivity contribution in [1.82, 2.24) is 9.97 Å². The van der Waals surface area contributed by atoms with Gasteiger partial charge in [-0.15, -0.1) is 0 Å². The minimum absolute atomic E-state index is 0.0585. The van der Waals surface area contributed by atoms with Crippen LogP contribution in [0.5, 0.6) is 0 Å². The first kappa shape index (κ1) is 23.1. The van der Waals surface area contributed by atoms with Crippen molar-refractivity contribution in [3.8, 4) is 0 Å². The molecule has 7 heteroatoms. The average Bonchev–Trinajstić information content (AvgIpc) is 2.88. The summed E-state index contributed by atoms with van der Waals surface area (Å²) in [6.45, 7) is 2.76. The molecule has 5 rings (SSSR count). The number of rotatable bonds is 7. The van der Waals surface area contributed by atoms with E-state index in [4.69, 9.17) is 23.7 Å². The van der Waals surface area contributed by atoms with Crippen molar-refractivity contribution in [3.63, 3.8) is 0 Å². The van der Waals surface area contributed by atoms with Crippen LogP contribution in [0.2, 0.25) is 0 Å². The van der Waals surface area contributed by atoms with Crippen molar-refractivity contribution in [2.45, 2.75) is 50.8 Å². The number of fused-ring (bicyclic) bond motifs is 1. The molecule has 7 nitrogen and oxygen atoms in total. The van der Waals surface area contributed by atoms with Crippen LogP contribution in [0.25, 0.3) is 0 Å². The Hall–Kier alpha value is -2.68. The molecule has 0 spiro atoms. The molecule has 2 aromatic carbocycles. The van der Waals surface area contributed by atoms with Gasteiger partial charge in [0.15, 0.2) is 12.6 Å². The van der Waals surface area contributed by atoms with E-state index in [2.05, 4.69) is 9.97 Å². The van der Waals surface area contributed by atoms with Gasteiger partial charge < -0.3 is 23.7 Å². The fourth-order valence-electron chi connectivity index (χ4n) is 4.71. The molecule has 2 fully saturated rings. The van der Waals surface area contributed by atoms with Crippen molar-refractivity contribution < 1.29 is 23.7 Å². The van der Waals surface area contributed by atoms with Crippen LogP contribution in [0.4, 0.5) is 0 Å². The number of ether oxygens (including phenoxy) is 5. The summed E-state index contributed by atoms with van der Waals surface area (Å²) in [5.41, 5.74) is 3.01.